The van der Waals surface area contributed by atoms with Crippen molar-refractivity contribution in [2.75, 3.05) is 6.61 Å². The molecule has 2 N–H and O–H groups in total. The van der Waals surface area contributed by atoms with Gasteiger partial charge in [-0.3, -0.25) is 4.99 Å². The third-order valence-electron chi connectivity index (χ3n) is 6.00. The first-order chi connectivity index (χ1) is 10.9. The van der Waals surface area contributed by atoms with Crippen LogP contribution >= 0.6 is 0 Å². The summed E-state index contributed by atoms with van der Waals surface area (Å²) in [4.78, 5) is 4.81. The molecular formula is C21H42N2O. The van der Waals surface area contributed by atoms with Crippen LogP contribution in [-0.4, -0.2) is 34.5 Å². The number of rotatable bonds is 7. The predicted molar refractivity (Wildman–Crippen MR) is 106 cm³/mol. The quantitative estimate of drug-likeness (QED) is 0.662. The monoisotopic (exact) mass is 338 g/mol. The van der Waals surface area contributed by atoms with E-state index in [-0.39, 0.29) is 12.1 Å². The number of hydrogen-bond acceptors (Lipinski definition) is 3. The Balaban J connectivity index is 3.06. The summed E-state index contributed by atoms with van der Waals surface area (Å²) in [5.74, 6) is 2.85. The Morgan fingerprint density at radius 3 is 1.88 bits per heavy atom. The fraction of sp³-hybridized carbons (Fsp3) is 0.952. The lowest BCUT2D eigenvalue weighted by Crippen LogP contribution is -2.58. The van der Waals surface area contributed by atoms with E-state index in [2.05, 4.69) is 53.8 Å². The second-order valence-electron chi connectivity index (χ2n) is 9.71. The van der Waals surface area contributed by atoms with Gasteiger partial charge in [0.2, 0.25) is 0 Å². The number of hydrogen-bond donors (Lipinski definition) is 2. The van der Waals surface area contributed by atoms with Gasteiger partial charge in [0.05, 0.1) is 17.7 Å². The first-order valence-corrected chi connectivity index (χ1v) is 9.86. The summed E-state index contributed by atoms with van der Waals surface area (Å²) < 4.78 is 0. The Labute approximate surface area is 150 Å². The molecule has 0 bridgehead atoms. The summed E-state index contributed by atoms with van der Waals surface area (Å²) in [6.45, 7) is 20.1. The van der Waals surface area contributed by atoms with E-state index in [1.165, 1.54) is 19.3 Å². The van der Waals surface area contributed by atoms with Crippen LogP contribution in [0.25, 0.3) is 0 Å². The predicted octanol–water partition coefficient (Wildman–Crippen LogP) is 4.68. The molecule has 0 heterocycles. The van der Waals surface area contributed by atoms with E-state index < -0.39 is 5.54 Å². The summed E-state index contributed by atoms with van der Waals surface area (Å²) in [5, 5.41) is 13.5. The van der Waals surface area contributed by atoms with Crippen molar-refractivity contribution >= 4 is 5.71 Å². The topological polar surface area (TPSA) is 44.6 Å². The van der Waals surface area contributed by atoms with Crippen LogP contribution in [0.15, 0.2) is 4.99 Å². The molecular weight excluding hydrogens is 296 g/mol. The average Bonchev–Trinajstić information content (AvgIpc) is 2.46. The largest absolute Gasteiger partial charge is 0.394 e. The average molecular weight is 339 g/mol. The molecule has 0 radical (unpaired) electrons. The Morgan fingerprint density at radius 2 is 1.50 bits per heavy atom. The van der Waals surface area contributed by atoms with E-state index in [0.717, 1.165) is 17.5 Å². The zero-order chi connectivity index (χ0) is 18.7. The van der Waals surface area contributed by atoms with Crippen LogP contribution in [0.5, 0.6) is 0 Å². The molecule has 142 valence electrons. The molecule has 2 atom stereocenters. The van der Waals surface area contributed by atoms with Crippen LogP contribution < -0.4 is 5.32 Å². The van der Waals surface area contributed by atoms with Crippen molar-refractivity contribution in [3.63, 3.8) is 0 Å². The number of aliphatic hydroxyl groups is 1. The number of aliphatic hydroxyl groups excluding tert-OH is 1. The fourth-order valence-corrected chi connectivity index (χ4v) is 4.13. The van der Waals surface area contributed by atoms with E-state index >= 15 is 0 Å². The maximum atomic E-state index is 9.53. The van der Waals surface area contributed by atoms with E-state index in [1.807, 2.05) is 13.8 Å². The van der Waals surface area contributed by atoms with Gasteiger partial charge in [0.25, 0.3) is 0 Å². The van der Waals surface area contributed by atoms with Gasteiger partial charge >= 0.3 is 0 Å². The summed E-state index contributed by atoms with van der Waals surface area (Å²) in [6, 6.07) is 0.538. The summed E-state index contributed by atoms with van der Waals surface area (Å²) in [6.07, 6.45) is 4.01. The van der Waals surface area contributed by atoms with Gasteiger partial charge in [-0.05, 0) is 71.1 Å². The van der Waals surface area contributed by atoms with Crippen molar-refractivity contribution in [2.45, 2.75) is 98.7 Å². The molecule has 0 spiro atoms. The van der Waals surface area contributed by atoms with Crippen LogP contribution in [0.4, 0.5) is 0 Å². The third-order valence-corrected chi connectivity index (χ3v) is 6.00. The molecule has 1 rings (SSSR count). The molecule has 0 aromatic carbocycles. The van der Waals surface area contributed by atoms with Gasteiger partial charge in [0.1, 0.15) is 0 Å². The zero-order valence-corrected chi connectivity index (χ0v) is 17.6. The van der Waals surface area contributed by atoms with Crippen molar-refractivity contribution in [3.05, 3.63) is 0 Å². The van der Waals surface area contributed by atoms with E-state index in [0.29, 0.717) is 17.9 Å². The number of nitrogens with zero attached hydrogens (tertiary/aromatic N) is 1. The molecule has 1 aliphatic rings. The minimum absolute atomic E-state index is 0.0765. The molecule has 0 amide bonds. The molecule has 2 unspecified atom stereocenters. The highest BCUT2D eigenvalue weighted by atomic mass is 16.3. The highest BCUT2D eigenvalue weighted by Gasteiger charge is 2.39. The molecule has 0 aromatic rings. The molecule has 0 aromatic heterocycles. The van der Waals surface area contributed by atoms with Crippen LogP contribution in [0.1, 0.15) is 81.6 Å². The normalized spacial score (nSPS) is 27.2. The second-order valence-corrected chi connectivity index (χ2v) is 9.71. The minimum atomic E-state index is -0.412. The zero-order valence-electron chi connectivity index (χ0n) is 17.6. The molecule has 1 saturated carbocycles. The third kappa shape index (κ3) is 5.56. The maximum Gasteiger partial charge on any atom is 0.0781 e. The number of nitrogens with one attached hydrogen (secondary N) is 1. The van der Waals surface area contributed by atoms with Crippen molar-refractivity contribution in [3.8, 4) is 0 Å². The SMILES string of the molecule is CC(=NC(C)(C)CO)C(C)(C)NC1C(C(C)C)CCCC1C(C)C. The van der Waals surface area contributed by atoms with Crippen LogP contribution in [-0.2, 0) is 0 Å². The molecule has 3 heteroatoms. The lowest BCUT2D eigenvalue weighted by Gasteiger charge is -2.46. The highest BCUT2D eigenvalue weighted by molar-refractivity contribution is 5.91. The Morgan fingerprint density at radius 1 is 1.04 bits per heavy atom. The van der Waals surface area contributed by atoms with Gasteiger partial charge in [-0.1, -0.05) is 34.1 Å². The van der Waals surface area contributed by atoms with Gasteiger partial charge in [-0.15, -0.1) is 0 Å². The van der Waals surface area contributed by atoms with Crippen molar-refractivity contribution in [2.24, 2.45) is 28.7 Å². The van der Waals surface area contributed by atoms with Gasteiger partial charge in [0, 0.05) is 11.8 Å². The molecule has 24 heavy (non-hydrogen) atoms. The van der Waals surface area contributed by atoms with Crippen LogP contribution in [0.2, 0.25) is 0 Å². The molecule has 1 aliphatic carbocycles. The van der Waals surface area contributed by atoms with E-state index in [1.54, 1.807) is 0 Å². The van der Waals surface area contributed by atoms with Crippen molar-refractivity contribution in [1.29, 1.82) is 0 Å². The van der Waals surface area contributed by atoms with E-state index in [9.17, 15) is 5.11 Å². The lowest BCUT2D eigenvalue weighted by atomic mass is 9.68. The Hall–Kier alpha value is -0.410. The van der Waals surface area contributed by atoms with Gasteiger partial charge in [-0.25, -0.2) is 0 Å². The van der Waals surface area contributed by atoms with Crippen LogP contribution in [0, 0.1) is 23.7 Å². The van der Waals surface area contributed by atoms with Gasteiger partial charge < -0.3 is 10.4 Å². The standard InChI is InChI=1S/C21H42N2O/c1-14(2)17-11-10-12-18(15(3)4)19(17)23-21(8,9)16(5)22-20(6,7)13-24/h14-15,17-19,23-24H,10-13H2,1-9H3. The minimum Gasteiger partial charge on any atom is -0.394 e. The first-order valence-electron chi connectivity index (χ1n) is 9.86. The summed E-state index contributed by atoms with van der Waals surface area (Å²) in [7, 11) is 0. The Bertz CT molecular complexity index is 408. The highest BCUT2D eigenvalue weighted by Crippen LogP contribution is 2.38. The smallest absolute Gasteiger partial charge is 0.0781 e. The lowest BCUT2D eigenvalue weighted by molar-refractivity contribution is 0.0998. The fourth-order valence-electron chi connectivity index (χ4n) is 4.13. The molecule has 0 saturated heterocycles. The summed E-state index contributed by atoms with van der Waals surface area (Å²) >= 11 is 0. The Kier molecular flexibility index (Phi) is 7.49. The van der Waals surface area contributed by atoms with E-state index in [4.69, 9.17) is 4.99 Å². The van der Waals surface area contributed by atoms with Crippen molar-refractivity contribution < 1.29 is 5.11 Å². The molecule has 3 nitrogen and oxygen atoms in total. The van der Waals surface area contributed by atoms with Crippen LogP contribution in [0.3, 0.4) is 0 Å². The maximum absolute atomic E-state index is 9.53. The second kappa shape index (κ2) is 8.31. The summed E-state index contributed by atoms with van der Waals surface area (Å²) in [5.41, 5.74) is 0.510. The molecule has 0 aliphatic heterocycles. The van der Waals surface area contributed by atoms with Crippen molar-refractivity contribution in [1.82, 2.24) is 5.32 Å². The van der Waals surface area contributed by atoms with Gasteiger partial charge in [0.15, 0.2) is 0 Å². The number of aliphatic imine (C=N–C) groups is 1. The molecule has 1 fully saturated rings. The first kappa shape index (κ1) is 21.6. The van der Waals surface area contributed by atoms with Gasteiger partial charge in [-0.2, -0.15) is 0 Å².